The molecule has 1 aromatic heterocycles. The summed E-state index contributed by atoms with van der Waals surface area (Å²) in [5.41, 5.74) is 9.15. The second kappa shape index (κ2) is 5.00. The van der Waals surface area contributed by atoms with Gasteiger partial charge < -0.3 is 5.73 Å². The van der Waals surface area contributed by atoms with Crippen molar-refractivity contribution in [3.63, 3.8) is 0 Å². The predicted molar refractivity (Wildman–Crippen MR) is 79.8 cm³/mol. The predicted octanol–water partition coefficient (Wildman–Crippen LogP) is 3.62. The summed E-state index contributed by atoms with van der Waals surface area (Å²) in [7, 11) is 0. The van der Waals surface area contributed by atoms with E-state index in [1.807, 2.05) is 25.1 Å². The summed E-state index contributed by atoms with van der Waals surface area (Å²) in [5, 5.41) is 0. The lowest BCUT2D eigenvalue weighted by Crippen LogP contribution is -2.14. The molecule has 1 heterocycles. The maximum absolute atomic E-state index is 6.03. The van der Waals surface area contributed by atoms with Gasteiger partial charge in [-0.15, -0.1) is 0 Å². The standard InChI is InChI=1S/C16H21N3/c1-11-14(12-8-6-5-7-9-12)18-13(19-15(11)17)10-16(2,3)4/h5-9H,10H2,1-4H3,(H2,17,18,19). The molecule has 2 rings (SSSR count). The van der Waals surface area contributed by atoms with Crippen LogP contribution in [0.4, 0.5) is 5.82 Å². The van der Waals surface area contributed by atoms with E-state index in [2.05, 4.69) is 37.9 Å². The van der Waals surface area contributed by atoms with E-state index in [1.165, 1.54) is 0 Å². The maximum Gasteiger partial charge on any atom is 0.131 e. The van der Waals surface area contributed by atoms with Gasteiger partial charge in [-0.1, -0.05) is 51.1 Å². The van der Waals surface area contributed by atoms with E-state index in [1.54, 1.807) is 0 Å². The minimum Gasteiger partial charge on any atom is -0.383 e. The minimum atomic E-state index is 0.148. The molecule has 0 spiro atoms. The largest absolute Gasteiger partial charge is 0.383 e. The van der Waals surface area contributed by atoms with Gasteiger partial charge in [-0.25, -0.2) is 9.97 Å². The van der Waals surface area contributed by atoms with Gasteiger partial charge in [-0.05, 0) is 12.3 Å². The van der Waals surface area contributed by atoms with E-state index in [9.17, 15) is 0 Å². The Morgan fingerprint density at radius 2 is 1.68 bits per heavy atom. The molecular formula is C16H21N3. The molecule has 0 radical (unpaired) electrons. The van der Waals surface area contributed by atoms with Crippen molar-refractivity contribution in [2.24, 2.45) is 5.41 Å². The van der Waals surface area contributed by atoms with Crippen molar-refractivity contribution in [1.29, 1.82) is 0 Å². The van der Waals surface area contributed by atoms with Crippen LogP contribution in [0.1, 0.15) is 32.2 Å². The fourth-order valence-electron chi connectivity index (χ4n) is 2.01. The van der Waals surface area contributed by atoms with Gasteiger partial charge in [0.1, 0.15) is 11.6 Å². The molecule has 2 aromatic rings. The molecule has 0 bridgehead atoms. The van der Waals surface area contributed by atoms with Crippen LogP contribution in [-0.2, 0) is 6.42 Å². The van der Waals surface area contributed by atoms with Gasteiger partial charge >= 0.3 is 0 Å². The highest BCUT2D eigenvalue weighted by Crippen LogP contribution is 2.26. The highest BCUT2D eigenvalue weighted by atomic mass is 15.0. The Labute approximate surface area is 114 Å². The highest BCUT2D eigenvalue weighted by molar-refractivity contribution is 5.67. The Balaban J connectivity index is 2.49. The first-order valence-electron chi connectivity index (χ1n) is 6.55. The lowest BCUT2D eigenvalue weighted by atomic mass is 9.92. The average molecular weight is 255 g/mol. The number of nitrogens with zero attached hydrogens (tertiary/aromatic N) is 2. The van der Waals surface area contributed by atoms with Crippen LogP contribution < -0.4 is 5.73 Å². The van der Waals surface area contributed by atoms with Gasteiger partial charge in [0.05, 0.1) is 5.69 Å². The summed E-state index contributed by atoms with van der Waals surface area (Å²) in [6, 6.07) is 10.1. The molecule has 100 valence electrons. The number of rotatable bonds is 2. The third-order valence-corrected chi connectivity index (χ3v) is 2.97. The van der Waals surface area contributed by atoms with Crippen LogP contribution in [0.2, 0.25) is 0 Å². The van der Waals surface area contributed by atoms with Crippen LogP contribution >= 0.6 is 0 Å². The minimum absolute atomic E-state index is 0.148. The Morgan fingerprint density at radius 3 is 2.26 bits per heavy atom. The van der Waals surface area contributed by atoms with Crippen molar-refractivity contribution in [3.05, 3.63) is 41.7 Å². The lowest BCUT2D eigenvalue weighted by molar-refractivity contribution is 0.401. The number of nitrogens with two attached hydrogens (primary N) is 1. The van der Waals surface area contributed by atoms with Crippen molar-refractivity contribution in [1.82, 2.24) is 9.97 Å². The molecule has 2 N–H and O–H groups in total. The van der Waals surface area contributed by atoms with E-state index in [0.29, 0.717) is 5.82 Å². The van der Waals surface area contributed by atoms with Crippen molar-refractivity contribution in [2.75, 3.05) is 5.73 Å². The summed E-state index contributed by atoms with van der Waals surface area (Å²) in [6.45, 7) is 8.50. The molecule has 0 aliphatic carbocycles. The summed E-state index contributed by atoms with van der Waals surface area (Å²) in [4.78, 5) is 9.11. The van der Waals surface area contributed by atoms with Crippen molar-refractivity contribution in [2.45, 2.75) is 34.1 Å². The Morgan fingerprint density at radius 1 is 1.05 bits per heavy atom. The number of hydrogen-bond acceptors (Lipinski definition) is 3. The van der Waals surface area contributed by atoms with E-state index < -0.39 is 0 Å². The Kier molecular flexibility index (Phi) is 3.56. The molecule has 0 aliphatic rings. The fraction of sp³-hybridized carbons (Fsp3) is 0.375. The zero-order chi connectivity index (χ0) is 14.0. The second-order valence-corrected chi connectivity index (χ2v) is 6.10. The van der Waals surface area contributed by atoms with Crippen LogP contribution in [-0.4, -0.2) is 9.97 Å². The molecule has 0 atom stereocenters. The highest BCUT2D eigenvalue weighted by Gasteiger charge is 2.16. The number of nitrogen functional groups attached to an aromatic ring is 1. The zero-order valence-electron chi connectivity index (χ0n) is 12.1. The third-order valence-electron chi connectivity index (χ3n) is 2.97. The molecule has 0 saturated carbocycles. The first kappa shape index (κ1) is 13.5. The van der Waals surface area contributed by atoms with Crippen molar-refractivity contribution in [3.8, 4) is 11.3 Å². The van der Waals surface area contributed by atoms with E-state index >= 15 is 0 Å². The fourth-order valence-corrected chi connectivity index (χ4v) is 2.01. The van der Waals surface area contributed by atoms with Gasteiger partial charge in [0.2, 0.25) is 0 Å². The molecule has 0 amide bonds. The molecule has 0 fully saturated rings. The van der Waals surface area contributed by atoms with Crippen LogP contribution in [0.3, 0.4) is 0 Å². The van der Waals surface area contributed by atoms with Crippen LogP contribution in [0.15, 0.2) is 30.3 Å². The van der Waals surface area contributed by atoms with Crippen LogP contribution in [0, 0.1) is 12.3 Å². The third kappa shape index (κ3) is 3.31. The second-order valence-electron chi connectivity index (χ2n) is 6.10. The maximum atomic E-state index is 6.03. The molecule has 0 unspecified atom stereocenters. The molecule has 1 aromatic carbocycles. The van der Waals surface area contributed by atoms with Crippen molar-refractivity contribution < 1.29 is 0 Å². The first-order valence-corrected chi connectivity index (χ1v) is 6.55. The smallest absolute Gasteiger partial charge is 0.131 e. The average Bonchev–Trinajstić information content (AvgIpc) is 2.33. The van der Waals surface area contributed by atoms with Gasteiger partial charge in [0.25, 0.3) is 0 Å². The Hall–Kier alpha value is -1.90. The summed E-state index contributed by atoms with van der Waals surface area (Å²) in [5.74, 6) is 1.39. The Bertz CT molecular complexity index is 569. The first-order chi connectivity index (χ1) is 8.87. The topological polar surface area (TPSA) is 51.8 Å². The summed E-state index contributed by atoms with van der Waals surface area (Å²) in [6.07, 6.45) is 0.817. The normalized spacial score (nSPS) is 11.6. The van der Waals surface area contributed by atoms with E-state index in [-0.39, 0.29) is 5.41 Å². The van der Waals surface area contributed by atoms with Gasteiger partial charge in [-0.3, -0.25) is 0 Å². The van der Waals surface area contributed by atoms with Crippen LogP contribution in [0.5, 0.6) is 0 Å². The lowest BCUT2D eigenvalue weighted by Gasteiger charge is -2.18. The molecule has 0 saturated heterocycles. The summed E-state index contributed by atoms with van der Waals surface area (Å²) >= 11 is 0. The van der Waals surface area contributed by atoms with Gasteiger partial charge in [0, 0.05) is 17.5 Å². The molecule has 3 nitrogen and oxygen atoms in total. The van der Waals surface area contributed by atoms with Crippen molar-refractivity contribution >= 4 is 5.82 Å². The molecule has 3 heteroatoms. The quantitative estimate of drug-likeness (QED) is 0.891. The zero-order valence-corrected chi connectivity index (χ0v) is 12.1. The van der Waals surface area contributed by atoms with E-state index in [4.69, 9.17) is 10.7 Å². The molecule has 19 heavy (non-hydrogen) atoms. The monoisotopic (exact) mass is 255 g/mol. The molecule has 0 aliphatic heterocycles. The number of benzene rings is 1. The summed E-state index contributed by atoms with van der Waals surface area (Å²) < 4.78 is 0. The number of hydrogen-bond donors (Lipinski definition) is 1. The van der Waals surface area contributed by atoms with Crippen LogP contribution in [0.25, 0.3) is 11.3 Å². The van der Waals surface area contributed by atoms with Gasteiger partial charge in [0.15, 0.2) is 0 Å². The van der Waals surface area contributed by atoms with Gasteiger partial charge in [-0.2, -0.15) is 0 Å². The van der Waals surface area contributed by atoms with E-state index in [0.717, 1.165) is 29.1 Å². The SMILES string of the molecule is Cc1c(N)nc(CC(C)(C)C)nc1-c1ccccc1. The number of aromatic nitrogens is 2. The number of anilines is 1. The molecular weight excluding hydrogens is 234 g/mol.